The number of nitrogens with zero attached hydrogens (tertiary/aromatic N) is 3. The number of nitrogens with one attached hydrogen (secondary N) is 1. The van der Waals surface area contributed by atoms with Crippen molar-refractivity contribution >= 4 is 28.8 Å². The van der Waals surface area contributed by atoms with Gasteiger partial charge in [-0.2, -0.15) is 0 Å². The van der Waals surface area contributed by atoms with Crippen molar-refractivity contribution in [2.24, 2.45) is 4.99 Å². The zero-order chi connectivity index (χ0) is 27.9. The van der Waals surface area contributed by atoms with Crippen molar-refractivity contribution in [1.82, 2.24) is 15.1 Å². The third kappa shape index (κ3) is 6.63. The molecule has 206 valence electrons. The Kier molecular flexibility index (Phi) is 9.32. The van der Waals surface area contributed by atoms with Gasteiger partial charge in [-0.25, -0.2) is 9.79 Å². The Morgan fingerprint density at radius 3 is 2.56 bits per heavy atom. The van der Waals surface area contributed by atoms with Crippen LogP contribution in [0.5, 0.6) is 11.5 Å². The summed E-state index contributed by atoms with van der Waals surface area (Å²) in [5.41, 5.74) is 3.30. The van der Waals surface area contributed by atoms with Crippen molar-refractivity contribution in [3.05, 3.63) is 82.0 Å². The molecule has 9 nitrogen and oxygen atoms in total. The number of aliphatic imine (C=N–C) groups is 1. The SMILES string of the molecule is COc1ccc([C@@H]2C(C(=O)OCc3ccccc3)=C(C)N=C3SC=C(CC(=O)NCCN(C)C)N32)c(OC)c1. The van der Waals surface area contributed by atoms with Gasteiger partial charge in [0, 0.05) is 30.4 Å². The molecule has 2 aliphatic heterocycles. The number of esters is 1. The minimum Gasteiger partial charge on any atom is -0.497 e. The van der Waals surface area contributed by atoms with Gasteiger partial charge in [-0.1, -0.05) is 42.1 Å². The number of allylic oxidation sites excluding steroid dienone is 1. The standard InChI is InChI=1S/C29H34N4O5S/c1-19-26(28(35)38-17-20-9-7-6-8-10-20)27(23-12-11-22(36-4)16-24(23)37-5)33-21(18-39-29(33)31-19)15-25(34)30-13-14-32(2)3/h6-12,16,18,27H,13-15,17H2,1-5H3,(H,30,34)/t27-/m1/s1. The summed E-state index contributed by atoms with van der Waals surface area (Å²) in [6.07, 6.45) is 0.139. The zero-order valence-electron chi connectivity index (χ0n) is 22.9. The maximum absolute atomic E-state index is 13.7. The lowest BCUT2D eigenvalue weighted by Crippen LogP contribution is -2.38. The minimum atomic E-state index is -0.613. The lowest BCUT2D eigenvalue weighted by Gasteiger charge is -2.36. The summed E-state index contributed by atoms with van der Waals surface area (Å²) >= 11 is 1.43. The fourth-order valence-corrected chi connectivity index (χ4v) is 5.38. The predicted octanol–water partition coefficient (Wildman–Crippen LogP) is 4.09. The highest BCUT2D eigenvalue weighted by atomic mass is 32.2. The van der Waals surface area contributed by atoms with Gasteiger partial charge in [0.05, 0.1) is 38.0 Å². The number of hydrogen-bond acceptors (Lipinski definition) is 9. The van der Waals surface area contributed by atoms with Crippen LogP contribution in [0, 0.1) is 0 Å². The van der Waals surface area contributed by atoms with Crippen molar-refractivity contribution in [3.8, 4) is 11.5 Å². The Hall–Kier alpha value is -3.76. The molecule has 0 unspecified atom stereocenters. The summed E-state index contributed by atoms with van der Waals surface area (Å²) in [6.45, 7) is 3.21. The van der Waals surface area contributed by atoms with Crippen LogP contribution in [0.2, 0.25) is 0 Å². The number of amides is 1. The van der Waals surface area contributed by atoms with Crippen LogP contribution in [0.15, 0.2) is 75.9 Å². The van der Waals surface area contributed by atoms with Gasteiger partial charge in [-0.15, -0.1) is 0 Å². The van der Waals surface area contributed by atoms with Crippen LogP contribution in [0.3, 0.4) is 0 Å². The monoisotopic (exact) mass is 550 g/mol. The maximum atomic E-state index is 13.7. The van der Waals surface area contributed by atoms with Gasteiger partial charge in [0.15, 0.2) is 5.17 Å². The van der Waals surface area contributed by atoms with E-state index in [1.165, 1.54) is 11.8 Å². The summed E-state index contributed by atoms with van der Waals surface area (Å²) in [4.78, 5) is 35.2. The molecule has 39 heavy (non-hydrogen) atoms. The van der Waals surface area contributed by atoms with Crippen LogP contribution in [0.4, 0.5) is 0 Å². The lowest BCUT2D eigenvalue weighted by molar-refractivity contribution is -0.141. The Morgan fingerprint density at radius 2 is 1.87 bits per heavy atom. The van der Waals surface area contributed by atoms with Crippen molar-refractivity contribution in [2.75, 3.05) is 41.4 Å². The van der Waals surface area contributed by atoms with Crippen LogP contribution in [-0.2, 0) is 20.9 Å². The number of carbonyl (C=O) groups excluding carboxylic acids is 2. The third-order valence-electron chi connectivity index (χ3n) is 6.39. The minimum absolute atomic E-state index is 0.107. The molecule has 2 aromatic rings. The van der Waals surface area contributed by atoms with E-state index in [9.17, 15) is 9.59 Å². The number of hydrogen-bond donors (Lipinski definition) is 1. The van der Waals surface area contributed by atoms with E-state index in [4.69, 9.17) is 19.2 Å². The van der Waals surface area contributed by atoms with Crippen molar-refractivity contribution < 1.29 is 23.8 Å². The molecule has 0 fully saturated rings. The number of benzene rings is 2. The molecule has 2 aliphatic rings. The first kappa shape index (κ1) is 28.3. The molecule has 0 saturated carbocycles. The Balaban J connectivity index is 1.68. The van der Waals surface area contributed by atoms with E-state index in [1.54, 1.807) is 27.2 Å². The lowest BCUT2D eigenvalue weighted by atomic mass is 9.93. The molecule has 0 aromatic heterocycles. The molecule has 2 heterocycles. The van der Waals surface area contributed by atoms with Gasteiger partial charge in [0.1, 0.15) is 18.1 Å². The van der Waals surface area contributed by atoms with Gasteiger partial charge in [-0.05, 0) is 44.1 Å². The maximum Gasteiger partial charge on any atom is 0.338 e. The second kappa shape index (κ2) is 12.9. The van der Waals surface area contributed by atoms with E-state index in [1.807, 2.05) is 71.8 Å². The average Bonchev–Trinajstić information content (AvgIpc) is 3.32. The van der Waals surface area contributed by atoms with Crippen LogP contribution in [0.25, 0.3) is 0 Å². The number of ether oxygens (including phenoxy) is 3. The van der Waals surface area contributed by atoms with Crippen molar-refractivity contribution in [1.29, 1.82) is 0 Å². The molecule has 0 bridgehead atoms. The number of amidine groups is 1. The summed E-state index contributed by atoms with van der Waals surface area (Å²) in [5, 5.41) is 5.57. The average molecular weight is 551 g/mol. The van der Waals surface area contributed by atoms with Crippen LogP contribution in [-0.4, -0.2) is 68.2 Å². The number of rotatable bonds is 11. The molecule has 2 aromatic carbocycles. The molecule has 1 N–H and O–H groups in total. The second-order valence-corrected chi connectivity index (χ2v) is 10.2. The van der Waals surface area contributed by atoms with E-state index in [-0.39, 0.29) is 18.9 Å². The molecular weight excluding hydrogens is 516 g/mol. The molecule has 10 heteroatoms. The van der Waals surface area contributed by atoms with Gasteiger partial charge in [0.25, 0.3) is 0 Å². The predicted molar refractivity (Wildman–Crippen MR) is 152 cm³/mol. The first-order valence-electron chi connectivity index (χ1n) is 12.6. The summed E-state index contributed by atoms with van der Waals surface area (Å²) < 4.78 is 16.9. The first-order valence-corrected chi connectivity index (χ1v) is 13.5. The van der Waals surface area contributed by atoms with E-state index < -0.39 is 12.0 Å². The number of fused-ring (bicyclic) bond motifs is 1. The largest absolute Gasteiger partial charge is 0.497 e. The normalized spacial score (nSPS) is 16.5. The molecule has 4 rings (SSSR count). The summed E-state index contributed by atoms with van der Waals surface area (Å²) in [6, 6.07) is 14.4. The van der Waals surface area contributed by atoms with Crippen LogP contribution in [0.1, 0.15) is 30.5 Å². The highest BCUT2D eigenvalue weighted by Crippen LogP contribution is 2.47. The van der Waals surface area contributed by atoms with Crippen molar-refractivity contribution in [3.63, 3.8) is 0 Å². The van der Waals surface area contributed by atoms with Gasteiger partial charge < -0.3 is 29.3 Å². The number of carbonyl (C=O) groups is 2. The van der Waals surface area contributed by atoms with E-state index in [2.05, 4.69) is 5.32 Å². The number of methoxy groups -OCH3 is 2. The fraction of sp³-hybridized carbons (Fsp3) is 0.345. The van der Waals surface area contributed by atoms with Crippen molar-refractivity contribution in [2.45, 2.75) is 26.0 Å². The topological polar surface area (TPSA) is 92.7 Å². The van der Waals surface area contributed by atoms with E-state index in [0.717, 1.165) is 23.4 Å². The number of thioether (sulfide) groups is 1. The number of likely N-dealkylation sites (N-methyl/N-ethyl adjacent to an activating group) is 1. The second-order valence-electron chi connectivity index (χ2n) is 9.39. The molecule has 0 spiro atoms. The van der Waals surface area contributed by atoms with E-state index in [0.29, 0.717) is 34.5 Å². The Bertz CT molecular complexity index is 1310. The van der Waals surface area contributed by atoms with Gasteiger partial charge in [0.2, 0.25) is 5.91 Å². The highest BCUT2D eigenvalue weighted by molar-refractivity contribution is 8.16. The summed E-state index contributed by atoms with van der Waals surface area (Å²) in [7, 11) is 7.08. The highest BCUT2D eigenvalue weighted by Gasteiger charge is 2.42. The summed E-state index contributed by atoms with van der Waals surface area (Å²) in [5.74, 6) is 0.591. The smallest absolute Gasteiger partial charge is 0.338 e. The van der Waals surface area contributed by atoms with Crippen LogP contribution >= 0.6 is 11.8 Å². The molecule has 0 radical (unpaired) electrons. The molecule has 1 amide bonds. The fourth-order valence-electron chi connectivity index (χ4n) is 4.42. The third-order valence-corrected chi connectivity index (χ3v) is 7.28. The Labute approximate surface area is 233 Å². The molecule has 0 saturated heterocycles. The van der Waals surface area contributed by atoms with E-state index >= 15 is 0 Å². The molecule has 1 atom stereocenters. The van der Waals surface area contributed by atoms with Gasteiger partial charge in [-0.3, -0.25) is 4.79 Å². The quantitative estimate of drug-likeness (QED) is 0.419. The van der Waals surface area contributed by atoms with Crippen LogP contribution < -0.4 is 14.8 Å². The van der Waals surface area contributed by atoms with Gasteiger partial charge >= 0.3 is 5.97 Å². The Morgan fingerprint density at radius 1 is 1.10 bits per heavy atom. The first-order chi connectivity index (χ1) is 18.8. The molecular formula is C29H34N4O5S. The zero-order valence-corrected chi connectivity index (χ0v) is 23.7. The molecule has 0 aliphatic carbocycles.